The Morgan fingerprint density at radius 1 is 1.36 bits per heavy atom. The van der Waals surface area contributed by atoms with Crippen LogP contribution in [0.3, 0.4) is 0 Å². The maximum atomic E-state index is 12.4. The third-order valence-corrected chi connectivity index (χ3v) is 3.64. The fourth-order valence-corrected chi connectivity index (χ4v) is 2.43. The zero-order chi connectivity index (χ0) is 16.1. The van der Waals surface area contributed by atoms with Gasteiger partial charge < -0.3 is 14.7 Å². The Bertz CT molecular complexity index is 552. The molecule has 0 unspecified atom stereocenters. The molecular formula is C16H19F2NO3. The van der Waals surface area contributed by atoms with E-state index in [0.29, 0.717) is 37.1 Å². The smallest absolute Gasteiger partial charge is 0.387 e. The number of alkyl halides is 2. The van der Waals surface area contributed by atoms with Crippen molar-refractivity contribution >= 4 is 11.5 Å². The first-order valence-electron chi connectivity index (χ1n) is 7.17. The summed E-state index contributed by atoms with van der Waals surface area (Å²) >= 11 is 0. The van der Waals surface area contributed by atoms with E-state index in [1.165, 1.54) is 12.1 Å². The van der Waals surface area contributed by atoms with Crippen molar-refractivity contribution in [3.05, 3.63) is 35.9 Å². The summed E-state index contributed by atoms with van der Waals surface area (Å²) in [6.07, 6.45) is 2.19. The third kappa shape index (κ3) is 4.27. The van der Waals surface area contributed by atoms with E-state index in [1.54, 1.807) is 30.0 Å². The van der Waals surface area contributed by atoms with Crippen LogP contribution in [-0.4, -0.2) is 41.7 Å². The van der Waals surface area contributed by atoms with Gasteiger partial charge in [-0.2, -0.15) is 8.78 Å². The van der Waals surface area contributed by atoms with Crippen LogP contribution in [0.15, 0.2) is 30.3 Å². The number of para-hydroxylation sites is 1. The third-order valence-electron chi connectivity index (χ3n) is 3.64. The van der Waals surface area contributed by atoms with Gasteiger partial charge in [0.05, 0.1) is 6.10 Å². The van der Waals surface area contributed by atoms with Gasteiger partial charge in [0.25, 0.3) is 0 Å². The van der Waals surface area contributed by atoms with E-state index in [2.05, 4.69) is 4.74 Å². The highest BCUT2D eigenvalue weighted by Gasteiger charge is 2.20. The molecule has 22 heavy (non-hydrogen) atoms. The number of rotatable bonds is 4. The van der Waals surface area contributed by atoms with E-state index in [4.69, 9.17) is 0 Å². The monoisotopic (exact) mass is 311 g/mol. The number of amides is 1. The first-order chi connectivity index (χ1) is 10.5. The zero-order valence-electron chi connectivity index (χ0n) is 12.3. The van der Waals surface area contributed by atoms with Crippen LogP contribution < -0.4 is 4.74 Å². The van der Waals surface area contributed by atoms with Crippen LogP contribution in [0.4, 0.5) is 8.78 Å². The number of piperidine rings is 1. The van der Waals surface area contributed by atoms with E-state index in [1.807, 2.05) is 0 Å². The summed E-state index contributed by atoms with van der Waals surface area (Å²) in [5.41, 5.74) is 1.03. The summed E-state index contributed by atoms with van der Waals surface area (Å²) in [5, 5.41) is 9.45. The number of likely N-dealkylation sites (tertiary alicyclic amines) is 1. The zero-order valence-corrected chi connectivity index (χ0v) is 12.3. The maximum Gasteiger partial charge on any atom is 0.387 e. The van der Waals surface area contributed by atoms with Crippen molar-refractivity contribution in [3.8, 4) is 5.75 Å². The molecule has 1 N–H and O–H groups in total. The first kappa shape index (κ1) is 16.4. The number of carbonyl (C=O) groups excluding carboxylic acids is 1. The lowest BCUT2D eigenvalue weighted by molar-refractivity contribution is -0.127. The molecule has 4 nitrogen and oxygen atoms in total. The largest absolute Gasteiger partial charge is 0.434 e. The van der Waals surface area contributed by atoms with Crippen molar-refractivity contribution in [2.45, 2.75) is 32.5 Å². The molecule has 0 aliphatic carbocycles. The van der Waals surface area contributed by atoms with E-state index in [9.17, 15) is 18.7 Å². The van der Waals surface area contributed by atoms with Crippen LogP contribution in [0, 0.1) is 0 Å². The molecule has 1 fully saturated rings. The average molecular weight is 311 g/mol. The minimum absolute atomic E-state index is 0.0492. The van der Waals surface area contributed by atoms with Gasteiger partial charge in [0.15, 0.2) is 0 Å². The van der Waals surface area contributed by atoms with Crippen molar-refractivity contribution in [1.29, 1.82) is 0 Å². The molecule has 2 rings (SSSR count). The predicted molar refractivity (Wildman–Crippen MR) is 78.5 cm³/mol. The van der Waals surface area contributed by atoms with Gasteiger partial charge in [-0.25, -0.2) is 0 Å². The Morgan fingerprint density at radius 3 is 2.64 bits per heavy atom. The topological polar surface area (TPSA) is 49.8 Å². The predicted octanol–water partition coefficient (Wildman–Crippen LogP) is 2.67. The number of halogens is 2. The van der Waals surface area contributed by atoms with E-state index < -0.39 is 6.61 Å². The van der Waals surface area contributed by atoms with Crippen LogP contribution in [0.5, 0.6) is 5.75 Å². The number of allylic oxidation sites excluding steroid dienone is 1. The molecule has 0 atom stereocenters. The quantitative estimate of drug-likeness (QED) is 0.870. The van der Waals surface area contributed by atoms with Crippen molar-refractivity contribution in [2.24, 2.45) is 0 Å². The minimum Gasteiger partial charge on any atom is -0.434 e. The minimum atomic E-state index is -2.91. The molecule has 0 saturated carbocycles. The summed E-state index contributed by atoms with van der Waals surface area (Å²) in [4.78, 5) is 13.8. The molecule has 6 heteroatoms. The van der Waals surface area contributed by atoms with Gasteiger partial charge in [-0.15, -0.1) is 0 Å². The number of carbonyl (C=O) groups is 1. The normalized spacial score (nSPS) is 17.0. The van der Waals surface area contributed by atoms with E-state index >= 15 is 0 Å². The lowest BCUT2D eigenvalue weighted by Crippen LogP contribution is -2.39. The summed E-state index contributed by atoms with van der Waals surface area (Å²) in [7, 11) is 0. The molecule has 1 aliphatic heterocycles. The van der Waals surface area contributed by atoms with E-state index in [0.717, 1.165) is 0 Å². The number of aliphatic hydroxyl groups excluding tert-OH is 1. The van der Waals surface area contributed by atoms with Crippen molar-refractivity contribution < 1.29 is 23.4 Å². The van der Waals surface area contributed by atoms with Crippen molar-refractivity contribution in [3.63, 3.8) is 0 Å². The van der Waals surface area contributed by atoms with Crippen LogP contribution in [0.1, 0.15) is 25.3 Å². The summed E-state index contributed by atoms with van der Waals surface area (Å²) in [6.45, 7) is -0.226. The summed E-state index contributed by atoms with van der Waals surface area (Å²) in [6, 6.07) is 6.38. The van der Waals surface area contributed by atoms with Crippen molar-refractivity contribution in [1.82, 2.24) is 4.90 Å². The Labute approximate surface area is 128 Å². The summed E-state index contributed by atoms with van der Waals surface area (Å²) in [5.74, 6) is -0.135. The Morgan fingerprint density at radius 2 is 2.00 bits per heavy atom. The molecule has 1 aromatic rings. The van der Waals surface area contributed by atoms with Crippen molar-refractivity contribution in [2.75, 3.05) is 13.1 Å². The molecule has 0 spiro atoms. The number of aliphatic hydroxyl groups is 1. The number of hydrogen-bond donors (Lipinski definition) is 1. The second-order valence-electron chi connectivity index (χ2n) is 5.26. The van der Waals surface area contributed by atoms with Gasteiger partial charge in [-0.3, -0.25) is 4.79 Å². The van der Waals surface area contributed by atoms with Crippen LogP contribution in [0.2, 0.25) is 0 Å². The van der Waals surface area contributed by atoms with Gasteiger partial charge in [-0.05, 0) is 31.4 Å². The fraction of sp³-hybridized carbons (Fsp3) is 0.438. The fourth-order valence-electron chi connectivity index (χ4n) is 2.43. The highest BCUT2D eigenvalue weighted by molar-refractivity contribution is 5.95. The molecule has 1 heterocycles. The number of nitrogens with zero attached hydrogens (tertiary/aromatic N) is 1. The second kappa shape index (κ2) is 7.35. The van der Waals surface area contributed by atoms with Gasteiger partial charge >= 0.3 is 6.61 Å². The Hall–Kier alpha value is -1.95. The van der Waals surface area contributed by atoms with Crippen LogP contribution in [-0.2, 0) is 4.79 Å². The Kier molecular flexibility index (Phi) is 5.49. The second-order valence-corrected chi connectivity index (χ2v) is 5.26. The molecule has 1 aliphatic rings. The lowest BCUT2D eigenvalue weighted by atomic mass is 10.0. The highest BCUT2D eigenvalue weighted by Crippen LogP contribution is 2.27. The molecule has 0 radical (unpaired) electrons. The van der Waals surface area contributed by atoms with E-state index in [-0.39, 0.29) is 17.8 Å². The number of hydrogen-bond acceptors (Lipinski definition) is 3. The standard InChI is InChI=1S/C16H19F2NO3/c1-11(10-15(21)19-8-6-12(20)7-9-19)13-4-2-3-5-14(13)22-16(17)18/h2-5,10,12,16,20H,6-9H2,1H3/b11-10+. The average Bonchev–Trinajstić information content (AvgIpc) is 2.47. The Balaban J connectivity index is 2.13. The lowest BCUT2D eigenvalue weighted by Gasteiger charge is -2.28. The molecular weight excluding hydrogens is 292 g/mol. The van der Waals surface area contributed by atoms with Gasteiger partial charge in [0.2, 0.25) is 5.91 Å². The van der Waals surface area contributed by atoms with Crippen LogP contribution >= 0.6 is 0 Å². The molecule has 1 amide bonds. The molecule has 0 bridgehead atoms. The van der Waals surface area contributed by atoms with Gasteiger partial charge in [0, 0.05) is 24.7 Å². The maximum absolute atomic E-state index is 12.4. The summed E-state index contributed by atoms with van der Waals surface area (Å²) < 4.78 is 29.3. The van der Waals surface area contributed by atoms with Gasteiger partial charge in [-0.1, -0.05) is 18.2 Å². The molecule has 120 valence electrons. The number of ether oxygens (including phenoxy) is 1. The van der Waals surface area contributed by atoms with Crippen LogP contribution in [0.25, 0.3) is 5.57 Å². The number of benzene rings is 1. The molecule has 1 aromatic carbocycles. The molecule has 0 aromatic heterocycles. The van der Waals surface area contributed by atoms with Gasteiger partial charge in [0.1, 0.15) is 5.75 Å². The first-order valence-corrected chi connectivity index (χ1v) is 7.17. The highest BCUT2D eigenvalue weighted by atomic mass is 19.3. The molecule has 1 saturated heterocycles. The SMILES string of the molecule is C/C(=C\C(=O)N1CCC(O)CC1)c1ccccc1OC(F)F.